The van der Waals surface area contributed by atoms with Gasteiger partial charge in [0.05, 0.1) is 7.11 Å². The van der Waals surface area contributed by atoms with Gasteiger partial charge in [-0.05, 0) is 57.4 Å². The lowest BCUT2D eigenvalue weighted by Gasteiger charge is -2.28. The van der Waals surface area contributed by atoms with Crippen LogP contribution in [0.1, 0.15) is 37.0 Å². The van der Waals surface area contributed by atoms with Crippen LogP contribution < -0.4 is 10.1 Å². The van der Waals surface area contributed by atoms with E-state index in [1.165, 1.54) is 12.7 Å². The maximum absolute atomic E-state index is 12.0. The van der Waals surface area contributed by atoms with Crippen LogP contribution in [0.2, 0.25) is 0 Å². The van der Waals surface area contributed by atoms with Crippen molar-refractivity contribution in [2.24, 2.45) is 0 Å². The summed E-state index contributed by atoms with van der Waals surface area (Å²) >= 11 is 0. The summed E-state index contributed by atoms with van der Waals surface area (Å²) in [5.74, 6) is 0.544. The molecule has 4 heteroatoms. The van der Waals surface area contributed by atoms with Gasteiger partial charge in [-0.25, -0.2) is 4.79 Å². The Morgan fingerprint density at radius 1 is 1.24 bits per heavy atom. The van der Waals surface area contributed by atoms with Crippen molar-refractivity contribution in [1.29, 1.82) is 0 Å². The molecule has 0 aliphatic carbocycles. The van der Waals surface area contributed by atoms with Crippen LogP contribution >= 0.6 is 0 Å². The molecule has 0 fully saturated rings. The molecule has 21 heavy (non-hydrogen) atoms. The molecular weight excluding hydrogens is 266 g/mol. The minimum atomic E-state index is -0.840. The second-order valence-electron chi connectivity index (χ2n) is 5.69. The maximum atomic E-state index is 12.0. The van der Waals surface area contributed by atoms with Gasteiger partial charge in [0.2, 0.25) is 0 Å². The molecule has 0 heterocycles. The molecule has 0 bridgehead atoms. The summed E-state index contributed by atoms with van der Waals surface area (Å²) < 4.78 is 10.9. The van der Waals surface area contributed by atoms with Crippen LogP contribution in [-0.2, 0) is 9.53 Å². The Labute approximate surface area is 127 Å². The Hall–Kier alpha value is -1.55. The molecule has 0 saturated carbocycles. The number of methoxy groups -OCH3 is 1. The number of hydrogen-bond donors (Lipinski definition) is 1. The zero-order chi connectivity index (χ0) is 16.0. The van der Waals surface area contributed by atoms with Crippen LogP contribution in [0.4, 0.5) is 0 Å². The highest BCUT2D eigenvalue weighted by molar-refractivity contribution is 5.80. The molecule has 1 rings (SSSR count). The van der Waals surface area contributed by atoms with E-state index in [-0.39, 0.29) is 12.6 Å². The van der Waals surface area contributed by atoms with Crippen LogP contribution in [-0.4, -0.2) is 31.8 Å². The first-order valence-electron chi connectivity index (χ1n) is 7.38. The van der Waals surface area contributed by atoms with Gasteiger partial charge in [0, 0.05) is 0 Å². The number of nitrogens with one attached hydrogen (secondary N) is 1. The second kappa shape index (κ2) is 7.46. The highest BCUT2D eigenvalue weighted by Crippen LogP contribution is 2.26. The lowest BCUT2D eigenvalue weighted by molar-refractivity contribution is -0.149. The van der Waals surface area contributed by atoms with Crippen LogP contribution in [0, 0.1) is 20.8 Å². The molecule has 1 N–H and O–H groups in total. The zero-order valence-corrected chi connectivity index (χ0v) is 14.0. The molecule has 0 amide bonds. The number of benzene rings is 1. The number of rotatable bonds is 7. The van der Waals surface area contributed by atoms with Crippen molar-refractivity contribution in [3.63, 3.8) is 0 Å². The van der Waals surface area contributed by atoms with Gasteiger partial charge in [0.15, 0.2) is 0 Å². The average Bonchev–Trinajstić information content (AvgIpc) is 2.48. The SMILES string of the molecule is CCCNC(C)(COc1c(C)ccc(C)c1C)C(=O)OC. The van der Waals surface area contributed by atoms with Gasteiger partial charge in [0.25, 0.3) is 0 Å². The first-order chi connectivity index (χ1) is 9.85. The summed E-state index contributed by atoms with van der Waals surface area (Å²) in [5.41, 5.74) is 2.52. The van der Waals surface area contributed by atoms with E-state index in [1.807, 2.05) is 26.8 Å². The summed E-state index contributed by atoms with van der Waals surface area (Å²) in [6, 6.07) is 4.11. The highest BCUT2D eigenvalue weighted by atomic mass is 16.5. The van der Waals surface area contributed by atoms with Gasteiger partial charge in [-0.1, -0.05) is 19.1 Å². The topological polar surface area (TPSA) is 47.6 Å². The quantitative estimate of drug-likeness (QED) is 0.785. The van der Waals surface area contributed by atoms with E-state index in [4.69, 9.17) is 9.47 Å². The van der Waals surface area contributed by atoms with Crippen molar-refractivity contribution in [2.75, 3.05) is 20.3 Å². The third-order valence-electron chi connectivity index (χ3n) is 3.78. The summed E-state index contributed by atoms with van der Waals surface area (Å²) in [6.45, 7) is 10.9. The molecule has 4 nitrogen and oxygen atoms in total. The predicted octanol–water partition coefficient (Wildman–Crippen LogP) is 2.92. The Kier molecular flexibility index (Phi) is 6.21. The lowest BCUT2D eigenvalue weighted by Crippen LogP contribution is -2.54. The van der Waals surface area contributed by atoms with E-state index in [9.17, 15) is 4.79 Å². The molecule has 1 atom stereocenters. The number of esters is 1. The molecule has 0 aliphatic heterocycles. The Balaban J connectivity index is 2.92. The number of ether oxygens (including phenoxy) is 2. The lowest BCUT2D eigenvalue weighted by atomic mass is 10.0. The average molecular weight is 293 g/mol. The zero-order valence-electron chi connectivity index (χ0n) is 14.0. The minimum absolute atomic E-state index is 0.241. The third-order valence-corrected chi connectivity index (χ3v) is 3.78. The van der Waals surface area contributed by atoms with Gasteiger partial charge in [-0.3, -0.25) is 5.32 Å². The van der Waals surface area contributed by atoms with Crippen molar-refractivity contribution in [3.05, 3.63) is 28.8 Å². The molecule has 0 radical (unpaired) electrons. The fraction of sp³-hybridized carbons (Fsp3) is 0.588. The van der Waals surface area contributed by atoms with Gasteiger partial charge in [-0.2, -0.15) is 0 Å². The summed E-state index contributed by atoms with van der Waals surface area (Å²) in [4.78, 5) is 12.0. The van der Waals surface area contributed by atoms with E-state index >= 15 is 0 Å². The standard InChI is InChI=1S/C17H27NO3/c1-7-10-18-17(5,16(19)20-6)11-21-15-13(3)9-8-12(2)14(15)4/h8-9,18H,7,10-11H2,1-6H3. The molecule has 0 spiro atoms. The largest absolute Gasteiger partial charge is 0.490 e. The minimum Gasteiger partial charge on any atom is -0.490 e. The van der Waals surface area contributed by atoms with Crippen molar-refractivity contribution in [3.8, 4) is 5.75 Å². The first-order valence-corrected chi connectivity index (χ1v) is 7.38. The van der Waals surface area contributed by atoms with E-state index < -0.39 is 5.54 Å². The van der Waals surface area contributed by atoms with E-state index in [0.29, 0.717) is 0 Å². The van der Waals surface area contributed by atoms with Crippen LogP contribution in [0.3, 0.4) is 0 Å². The van der Waals surface area contributed by atoms with Gasteiger partial charge >= 0.3 is 5.97 Å². The van der Waals surface area contributed by atoms with Crippen molar-refractivity contribution in [2.45, 2.75) is 46.6 Å². The fourth-order valence-corrected chi connectivity index (χ4v) is 2.17. The van der Waals surface area contributed by atoms with Crippen molar-refractivity contribution >= 4 is 5.97 Å². The predicted molar refractivity (Wildman–Crippen MR) is 84.9 cm³/mol. The molecule has 118 valence electrons. The van der Waals surface area contributed by atoms with Gasteiger partial charge in [-0.15, -0.1) is 0 Å². The summed E-state index contributed by atoms with van der Waals surface area (Å²) in [7, 11) is 1.40. The van der Waals surface area contributed by atoms with Crippen LogP contribution in [0.25, 0.3) is 0 Å². The second-order valence-corrected chi connectivity index (χ2v) is 5.69. The number of carbonyl (C=O) groups excluding carboxylic acids is 1. The number of hydrogen-bond acceptors (Lipinski definition) is 4. The van der Waals surface area contributed by atoms with Crippen molar-refractivity contribution < 1.29 is 14.3 Å². The van der Waals surface area contributed by atoms with E-state index in [0.717, 1.165) is 29.8 Å². The highest BCUT2D eigenvalue weighted by Gasteiger charge is 2.35. The van der Waals surface area contributed by atoms with E-state index in [2.05, 4.69) is 25.2 Å². The molecule has 0 saturated heterocycles. The number of carbonyl (C=O) groups is 1. The molecule has 0 aliphatic rings. The van der Waals surface area contributed by atoms with Crippen LogP contribution in [0.5, 0.6) is 5.75 Å². The van der Waals surface area contributed by atoms with Gasteiger partial charge in [0.1, 0.15) is 17.9 Å². The normalized spacial score (nSPS) is 13.6. The molecular formula is C17H27NO3. The van der Waals surface area contributed by atoms with Crippen molar-refractivity contribution in [1.82, 2.24) is 5.32 Å². The summed E-state index contributed by atoms with van der Waals surface area (Å²) in [5, 5.41) is 3.22. The first kappa shape index (κ1) is 17.5. The summed E-state index contributed by atoms with van der Waals surface area (Å²) in [6.07, 6.45) is 0.940. The molecule has 1 aromatic carbocycles. The smallest absolute Gasteiger partial charge is 0.329 e. The Morgan fingerprint density at radius 2 is 1.86 bits per heavy atom. The number of aryl methyl sites for hydroxylation is 2. The fourth-order valence-electron chi connectivity index (χ4n) is 2.17. The Bertz CT molecular complexity index is 499. The molecule has 0 aromatic heterocycles. The van der Waals surface area contributed by atoms with E-state index in [1.54, 1.807) is 0 Å². The van der Waals surface area contributed by atoms with Gasteiger partial charge < -0.3 is 9.47 Å². The van der Waals surface area contributed by atoms with Crippen LogP contribution in [0.15, 0.2) is 12.1 Å². The third kappa shape index (κ3) is 4.21. The molecule has 1 unspecified atom stereocenters. The monoisotopic (exact) mass is 293 g/mol. The Morgan fingerprint density at radius 3 is 2.43 bits per heavy atom. The maximum Gasteiger partial charge on any atom is 0.329 e. The molecule has 1 aromatic rings.